The molecular weight excluding hydrogens is 188 g/mol. The van der Waals surface area contributed by atoms with Gasteiger partial charge in [-0.2, -0.15) is 0 Å². The van der Waals surface area contributed by atoms with E-state index in [-0.39, 0.29) is 0 Å². The third kappa shape index (κ3) is 1.68. The lowest BCUT2D eigenvalue weighted by molar-refractivity contribution is -0.139. The third-order valence-corrected chi connectivity index (χ3v) is 4.65. The SMILES string of the molecule is CC1=C(C)CC(C)(C(=O)O)S(=O)C1. The molecule has 2 unspecified atom stereocenters. The van der Waals surface area contributed by atoms with Crippen molar-refractivity contribution in [3.05, 3.63) is 11.1 Å². The first-order valence-electron chi connectivity index (χ1n) is 4.15. The second-order valence-electron chi connectivity index (χ2n) is 3.76. The predicted molar refractivity (Wildman–Crippen MR) is 52.0 cm³/mol. The maximum Gasteiger partial charge on any atom is 0.322 e. The van der Waals surface area contributed by atoms with Crippen molar-refractivity contribution in [2.75, 3.05) is 5.75 Å². The molecule has 1 heterocycles. The van der Waals surface area contributed by atoms with Crippen LogP contribution in [0.3, 0.4) is 0 Å². The number of hydrogen-bond donors (Lipinski definition) is 1. The Labute approximate surface area is 80.3 Å². The molecule has 0 radical (unpaired) electrons. The van der Waals surface area contributed by atoms with Crippen LogP contribution in [-0.4, -0.2) is 25.8 Å². The Morgan fingerprint density at radius 2 is 2.00 bits per heavy atom. The van der Waals surface area contributed by atoms with E-state index in [2.05, 4.69) is 0 Å². The predicted octanol–water partition coefficient (Wildman–Crippen LogP) is 1.32. The summed E-state index contributed by atoms with van der Waals surface area (Å²) in [6.07, 6.45) is 0.404. The molecule has 0 saturated carbocycles. The number of carboxylic acids is 1. The summed E-state index contributed by atoms with van der Waals surface area (Å²) >= 11 is 0. The molecule has 1 N–H and O–H groups in total. The summed E-state index contributed by atoms with van der Waals surface area (Å²) < 4.78 is 10.5. The van der Waals surface area contributed by atoms with Crippen LogP contribution in [0.1, 0.15) is 27.2 Å². The van der Waals surface area contributed by atoms with Gasteiger partial charge in [-0.3, -0.25) is 9.00 Å². The van der Waals surface area contributed by atoms with Crippen molar-refractivity contribution in [1.82, 2.24) is 0 Å². The molecule has 1 aliphatic heterocycles. The summed E-state index contributed by atoms with van der Waals surface area (Å²) in [5.74, 6) is -0.563. The minimum absolute atomic E-state index is 0.397. The fourth-order valence-electron chi connectivity index (χ4n) is 1.39. The second-order valence-corrected chi connectivity index (χ2v) is 5.64. The summed E-state index contributed by atoms with van der Waals surface area (Å²) in [4.78, 5) is 10.9. The van der Waals surface area contributed by atoms with Gasteiger partial charge in [-0.15, -0.1) is 0 Å². The van der Waals surface area contributed by atoms with E-state index in [4.69, 9.17) is 5.11 Å². The Kier molecular flexibility index (Phi) is 2.61. The average Bonchev–Trinajstić information content (AvgIpc) is 2.01. The Morgan fingerprint density at radius 1 is 1.46 bits per heavy atom. The maximum absolute atomic E-state index is 11.6. The van der Waals surface area contributed by atoms with Gasteiger partial charge in [0.15, 0.2) is 0 Å². The van der Waals surface area contributed by atoms with Crippen molar-refractivity contribution in [2.45, 2.75) is 31.9 Å². The molecule has 2 atom stereocenters. The fourth-order valence-corrected chi connectivity index (χ4v) is 2.92. The van der Waals surface area contributed by atoms with Crippen LogP contribution < -0.4 is 0 Å². The van der Waals surface area contributed by atoms with Crippen molar-refractivity contribution >= 4 is 16.8 Å². The van der Waals surface area contributed by atoms with Crippen LogP contribution in [0, 0.1) is 0 Å². The van der Waals surface area contributed by atoms with E-state index < -0.39 is 21.5 Å². The molecule has 0 aromatic heterocycles. The minimum Gasteiger partial charge on any atom is -0.480 e. The van der Waals surface area contributed by atoms with Crippen molar-refractivity contribution in [2.24, 2.45) is 0 Å². The largest absolute Gasteiger partial charge is 0.480 e. The smallest absolute Gasteiger partial charge is 0.322 e. The summed E-state index contributed by atoms with van der Waals surface area (Å²) in [5, 5.41) is 8.96. The van der Waals surface area contributed by atoms with Gasteiger partial charge in [-0.25, -0.2) is 0 Å². The van der Waals surface area contributed by atoms with E-state index in [0.29, 0.717) is 12.2 Å². The molecule has 0 amide bonds. The van der Waals surface area contributed by atoms with Gasteiger partial charge in [0.25, 0.3) is 0 Å². The lowest BCUT2D eigenvalue weighted by atomic mass is 9.98. The molecule has 0 aliphatic carbocycles. The standard InChI is InChI=1S/C9H14O3S/c1-6-4-9(3,8(10)11)13(12)5-7(6)2/h4-5H2,1-3H3,(H,10,11). The fraction of sp³-hybridized carbons (Fsp3) is 0.667. The molecule has 3 nitrogen and oxygen atoms in total. The summed E-state index contributed by atoms with van der Waals surface area (Å²) in [6, 6.07) is 0. The molecule has 1 aliphatic rings. The minimum atomic E-state index is -1.28. The quantitative estimate of drug-likeness (QED) is 0.652. The number of aliphatic carboxylic acids is 1. The van der Waals surface area contributed by atoms with Crippen molar-refractivity contribution in [3.8, 4) is 0 Å². The molecule has 74 valence electrons. The highest BCUT2D eigenvalue weighted by atomic mass is 32.2. The van der Waals surface area contributed by atoms with Gasteiger partial charge in [0, 0.05) is 16.6 Å². The van der Waals surface area contributed by atoms with Crippen LogP contribution in [0.2, 0.25) is 0 Å². The molecule has 0 spiro atoms. The molecule has 13 heavy (non-hydrogen) atoms. The summed E-state index contributed by atoms with van der Waals surface area (Å²) in [7, 11) is -1.28. The van der Waals surface area contributed by atoms with Crippen molar-refractivity contribution in [1.29, 1.82) is 0 Å². The first-order valence-corrected chi connectivity index (χ1v) is 5.47. The van der Waals surface area contributed by atoms with Gasteiger partial charge in [-0.05, 0) is 27.2 Å². The van der Waals surface area contributed by atoms with Gasteiger partial charge >= 0.3 is 5.97 Å². The van der Waals surface area contributed by atoms with E-state index in [1.807, 2.05) is 13.8 Å². The van der Waals surface area contributed by atoms with Crippen molar-refractivity contribution < 1.29 is 14.1 Å². The van der Waals surface area contributed by atoms with Gasteiger partial charge < -0.3 is 5.11 Å². The Morgan fingerprint density at radius 3 is 2.46 bits per heavy atom. The van der Waals surface area contributed by atoms with Crippen LogP contribution in [0.15, 0.2) is 11.1 Å². The van der Waals surface area contributed by atoms with Crippen LogP contribution in [0.5, 0.6) is 0 Å². The van der Waals surface area contributed by atoms with Crippen LogP contribution in [-0.2, 0) is 15.6 Å². The maximum atomic E-state index is 11.6. The number of hydrogen-bond acceptors (Lipinski definition) is 2. The van der Waals surface area contributed by atoms with Crippen molar-refractivity contribution in [3.63, 3.8) is 0 Å². The molecule has 0 aromatic rings. The first kappa shape index (κ1) is 10.4. The number of rotatable bonds is 1. The Bertz CT molecular complexity index is 306. The van der Waals surface area contributed by atoms with E-state index in [9.17, 15) is 9.00 Å². The van der Waals surface area contributed by atoms with Crippen LogP contribution in [0.4, 0.5) is 0 Å². The van der Waals surface area contributed by atoms with E-state index in [0.717, 1.165) is 11.1 Å². The number of carbonyl (C=O) groups is 1. The molecule has 0 saturated heterocycles. The topological polar surface area (TPSA) is 54.4 Å². The monoisotopic (exact) mass is 202 g/mol. The highest BCUT2D eigenvalue weighted by Crippen LogP contribution is 2.31. The second kappa shape index (κ2) is 3.25. The third-order valence-electron chi connectivity index (χ3n) is 2.63. The molecular formula is C9H14O3S. The molecule has 0 fully saturated rings. The van der Waals surface area contributed by atoms with E-state index in [1.54, 1.807) is 6.92 Å². The normalized spacial score (nSPS) is 34.8. The Hall–Kier alpha value is -0.640. The number of carboxylic acid groups (broad SMARTS) is 1. The molecule has 0 bridgehead atoms. The lowest BCUT2D eigenvalue weighted by Gasteiger charge is -2.29. The zero-order chi connectivity index (χ0) is 10.2. The van der Waals surface area contributed by atoms with Gasteiger partial charge in [0.2, 0.25) is 0 Å². The van der Waals surface area contributed by atoms with Gasteiger partial charge in [0.1, 0.15) is 4.75 Å². The zero-order valence-electron chi connectivity index (χ0n) is 8.09. The average molecular weight is 202 g/mol. The lowest BCUT2D eigenvalue weighted by Crippen LogP contribution is -2.43. The highest BCUT2D eigenvalue weighted by molar-refractivity contribution is 7.87. The van der Waals surface area contributed by atoms with Crippen LogP contribution >= 0.6 is 0 Å². The summed E-state index contributed by atoms with van der Waals surface area (Å²) in [6.45, 7) is 5.38. The van der Waals surface area contributed by atoms with Gasteiger partial charge in [0.05, 0.1) is 0 Å². The molecule has 0 aromatic carbocycles. The zero-order valence-corrected chi connectivity index (χ0v) is 8.90. The molecule has 4 heteroatoms. The first-order chi connectivity index (χ1) is 5.88. The van der Waals surface area contributed by atoms with E-state index in [1.165, 1.54) is 0 Å². The highest BCUT2D eigenvalue weighted by Gasteiger charge is 2.42. The van der Waals surface area contributed by atoms with E-state index >= 15 is 0 Å². The van der Waals surface area contributed by atoms with Gasteiger partial charge in [-0.1, -0.05) is 11.1 Å². The van der Waals surface area contributed by atoms with Crippen LogP contribution in [0.25, 0.3) is 0 Å². The Balaban J connectivity index is 3.07. The molecule has 1 rings (SSSR count). The summed E-state index contributed by atoms with van der Waals surface area (Å²) in [5.41, 5.74) is 2.13. The number of allylic oxidation sites excluding steroid dienone is 1.